The van der Waals surface area contributed by atoms with Crippen LogP contribution in [0.4, 0.5) is 11.5 Å². The molecule has 5 rings (SSSR count). The lowest BCUT2D eigenvalue weighted by atomic mass is 9.82. The molecule has 0 spiro atoms. The quantitative estimate of drug-likeness (QED) is 0.378. The molecule has 0 N–H and O–H groups in total. The molecule has 0 unspecified atom stereocenters. The highest BCUT2D eigenvalue weighted by Gasteiger charge is 2.35. The van der Waals surface area contributed by atoms with Gasteiger partial charge in [-0.1, -0.05) is 68.4 Å². The van der Waals surface area contributed by atoms with E-state index in [4.69, 9.17) is 4.98 Å². The molecule has 2 heteroatoms. The molecule has 1 aliphatic rings. The van der Waals surface area contributed by atoms with Crippen molar-refractivity contribution in [1.29, 1.82) is 0 Å². The zero-order valence-corrected chi connectivity index (χ0v) is 17.5. The molecule has 1 aliphatic carbocycles. The van der Waals surface area contributed by atoms with Crippen molar-refractivity contribution >= 4 is 22.3 Å². The fraction of sp³-hybridized carbons (Fsp3) is 0.222. The monoisotopic (exact) mass is 378 g/mol. The summed E-state index contributed by atoms with van der Waals surface area (Å²) in [6.07, 6.45) is 1.92. The normalized spacial score (nSPS) is 14.1. The van der Waals surface area contributed by atoms with E-state index >= 15 is 0 Å². The fourth-order valence-electron chi connectivity index (χ4n) is 4.80. The Morgan fingerprint density at radius 3 is 2.34 bits per heavy atom. The fourth-order valence-corrected chi connectivity index (χ4v) is 4.80. The minimum absolute atomic E-state index is 0.00320. The lowest BCUT2D eigenvalue weighted by molar-refractivity contribution is 0.659. The zero-order valence-electron chi connectivity index (χ0n) is 17.5. The maximum atomic E-state index is 4.80. The molecule has 0 saturated heterocycles. The van der Waals surface area contributed by atoms with E-state index in [0.717, 1.165) is 5.82 Å². The highest BCUT2D eigenvalue weighted by Crippen LogP contribution is 2.50. The molecule has 0 amide bonds. The highest BCUT2D eigenvalue weighted by atomic mass is 15.2. The second-order valence-corrected chi connectivity index (χ2v) is 8.72. The van der Waals surface area contributed by atoms with E-state index in [2.05, 4.69) is 105 Å². The predicted molar refractivity (Wildman–Crippen MR) is 123 cm³/mol. The average Bonchev–Trinajstić information content (AvgIpc) is 2.96. The number of nitrogens with zero attached hydrogens (tertiary/aromatic N) is 2. The molecule has 1 heterocycles. The molecule has 0 fully saturated rings. The summed E-state index contributed by atoms with van der Waals surface area (Å²) in [6.45, 7) is 9.13. The van der Waals surface area contributed by atoms with E-state index in [9.17, 15) is 0 Å². The Kier molecular flexibility index (Phi) is 3.99. The largest absolute Gasteiger partial charge is 0.323 e. The van der Waals surface area contributed by atoms with Crippen molar-refractivity contribution in [2.24, 2.45) is 0 Å². The standard InChI is InChI=1S/C27H26N2/c1-18(2)29(26-21-10-6-5-9-19(21)15-16-28-26)20-13-14-23-22-11-7-8-12-24(22)27(3,4)25(23)17-20/h5-18H,1-4H3. The summed E-state index contributed by atoms with van der Waals surface area (Å²) in [5.74, 6) is 1.02. The Labute approximate surface area is 172 Å². The number of rotatable bonds is 3. The van der Waals surface area contributed by atoms with Crippen molar-refractivity contribution in [2.45, 2.75) is 39.2 Å². The summed E-state index contributed by atoms with van der Waals surface area (Å²) >= 11 is 0. The van der Waals surface area contributed by atoms with Gasteiger partial charge in [-0.2, -0.15) is 0 Å². The molecule has 1 aromatic heterocycles. The third kappa shape index (κ3) is 2.66. The van der Waals surface area contributed by atoms with Crippen LogP contribution in [0.5, 0.6) is 0 Å². The first-order chi connectivity index (χ1) is 14.0. The van der Waals surface area contributed by atoms with Crippen LogP contribution in [-0.4, -0.2) is 11.0 Å². The van der Waals surface area contributed by atoms with Crippen LogP contribution >= 0.6 is 0 Å². The lowest BCUT2D eigenvalue weighted by Gasteiger charge is -2.31. The third-order valence-corrected chi connectivity index (χ3v) is 6.24. The Bertz CT molecular complexity index is 1210. The van der Waals surface area contributed by atoms with Crippen LogP contribution in [0.1, 0.15) is 38.8 Å². The number of pyridine rings is 1. The Morgan fingerprint density at radius 1 is 0.793 bits per heavy atom. The predicted octanol–water partition coefficient (Wildman–Crippen LogP) is 7.09. The molecular formula is C27H26N2. The summed E-state index contributed by atoms with van der Waals surface area (Å²) in [4.78, 5) is 7.16. The first-order valence-corrected chi connectivity index (χ1v) is 10.4. The van der Waals surface area contributed by atoms with E-state index in [1.54, 1.807) is 0 Å². The van der Waals surface area contributed by atoms with Gasteiger partial charge in [0.15, 0.2) is 0 Å². The Balaban J connectivity index is 1.70. The molecule has 0 aliphatic heterocycles. The smallest absolute Gasteiger partial charge is 0.141 e. The Morgan fingerprint density at radius 2 is 1.52 bits per heavy atom. The van der Waals surface area contributed by atoms with E-state index in [1.165, 1.54) is 38.7 Å². The van der Waals surface area contributed by atoms with Gasteiger partial charge in [-0.05, 0) is 59.7 Å². The summed E-state index contributed by atoms with van der Waals surface area (Å²) in [5, 5.41) is 2.41. The number of fused-ring (bicyclic) bond motifs is 4. The van der Waals surface area contributed by atoms with E-state index < -0.39 is 0 Å². The zero-order chi connectivity index (χ0) is 20.2. The molecule has 2 nitrogen and oxygen atoms in total. The third-order valence-electron chi connectivity index (χ3n) is 6.24. The number of aromatic nitrogens is 1. The maximum Gasteiger partial charge on any atom is 0.141 e. The van der Waals surface area contributed by atoms with Gasteiger partial charge < -0.3 is 4.90 Å². The van der Waals surface area contributed by atoms with Gasteiger partial charge in [-0.15, -0.1) is 0 Å². The highest BCUT2D eigenvalue weighted by molar-refractivity contribution is 5.94. The Hall–Kier alpha value is -3.13. The van der Waals surface area contributed by atoms with Crippen LogP contribution < -0.4 is 4.90 Å². The van der Waals surface area contributed by atoms with Crippen LogP contribution in [0, 0.1) is 0 Å². The van der Waals surface area contributed by atoms with Crippen molar-refractivity contribution in [1.82, 2.24) is 4.98 Å². The minimum Gasteiger partial charge on any atom is -0.323 e. The van der Waals surface area contributed by atoms with Crippen LogP contribution in [-0.2, 0) is 5.41 Å². The van der Waals surface area contributed by atoms with E-state index in [-0.39, 0.29) is 5.41 Å². The SMILES string of the molecule is CC(C)N(c1ccc2c(c1)C(C)(C)c1ccccc1-2)c1nccc2ccccc12. The minimum atomic E-state index is -0.00320. The molecule has 4 aromatic rings. The van der Waals surface area contributed by atoms with E-state index in [1.807, 2.05) is 6.20 Å². The molecule has 3 aromatic carbocycles. The number of hydrogen-bond donors (Lipinski definition) is 0. The van der Waals surface area contributed by atoms with Gasteiger partial charge >= 0.3 is 0 Å². The van der Waals surface area contributed by atoms with Crippen LogP contribution in [0.25, 0.3) is 21.9 Å². The first kappa shape index (κ1) is 17.9. The van der Waals surface area contributed by atoms with Crippen LogP contribution in [0.15, 0.2) is 79.0 Å². The van der Waals surface area contributed by atoms with Gasteiger partial charge in [-0.25, -0.2) is 4.98 Å². The van der Waals surface area contributed by atoms with Gasteiger partial charge in [0.25, 0.3) is 0 Å². The molecular weight excluding hydrogens is 352 g/mol. The molecule has 0 atom stereocenters. The lowest BCUT2D eigenvalue weighted by Crippen LogP contribution is -2.27. The molecule has 29 heavy (non-hydrogen) atoms. The van der Waals surface area contributed by atoms with Gasteiger partial charge in [-0.3, -0.25) is 0 Å². The van der Waals surface area contributed by atoms with Crippen molar-refractivity contribution in [3.8, 4) is 11.1 Å². The maximum absolute atomic E-state index is 4.80. The van der Waals surface area contributed by atoms with Gasteiger partial charge in [0.2, 0.25) is 0 Å². The van der Waals surface area contributed by atoms with Gasteiger partial charge in [0, 0.05) is 28.7 Å². The topological polar surface area (TPSA) is 16.1 Å². The number of anilines is 2. The second kappa shape index (κ2) is 6.45. The van der Waals surface area contributed by atoms with Crippen LogP contribution in [0.3, 0.4) is 0 Å². The van der Waals surface area contributed by atoms with Gasteiger partial charge in [0.05, 0.1) is 0 Å². The average molecular weight is 379 g/mol. The second-order valence-electron chi connectivity index (χ2n) is 8.72. The van der Waals surface area contributed by atoms with Crippen LogP contribution in [0.2, 0.25) is 0 Å². The van der Waals surface area contributed by atoms with Crippen molar-refractivity contribution in [3.05, 3.63) is 90.1 Å². The number of hydrogen-bond acceptors (Lipinski definition) is 2. The summed E-state index contributed by atoms with van der Waals surface area (Å²) in [6, 6.07) is 26.6. The first-order valence-electron chi connectivity index (χ1n) is 10.4. The molecule has 0 bridgehead atoms. The molecule has 0 saturated carbocycles. The van der Waals surface area contributed by atoms with Crippen molar-refractivity contribution in [3.63, 3.8) is 0 Å². The van der Waals surface area contributed by atoms with Gasteiger partial charge in [0.1, 0.15) is 5.82 Å². The summed E-state index contributed by atoms with van der Waals surface area (Å²) in [7, 11) is 0. The van der Waals surface area contributed by atoms with Crippen molar-refractivity contribution in [2.75, 3.05) is 4.90 Å². The number of benzene rings is 3. The molecule has 144 valence electrons. The summed E-state index contributed by atoms with van der Waals surface area (Å²) in [5.41, 5.74) is 6.70. The molecule has 0 radical (unpaired) electrons. The summed E-state index contributed by atoms with van der Waals surface area (Å²) < 4.78 is 0. The van der Waals surface area contributed by atoms with E-state index in [0.29, 0.717) is 6.04 Å². The van der Waals surface area contributed by atoms with Crippen molar-refractivity contribution < 1.29 is 0 Å².